The molecule has 0 amide bonds. The molecule has 0 saturated carbocycles. The van der Waals surface area contributed by atoms with Crippen molar-refractivity contribution in [3.05, 3.63) is 0 Å². The third-order valence-electron chi connectivity index (χ3n) is 2.83. The van der Waals surface area contributed by atoms with Crippen LogP contribution in [0.2, 0.25) is 0 Å². The zero-order valence-corrected chi connectivity index (χ0v) is 11.1. The Morgan fingerprint density at radius 3 is 2.33 bits per heavy atom. The van der Waals surface area contributed by atoms with E-state index in [1.165, 1.54) is 32.2 Å². The van der Waals surface area contributed by atoms with Crippen molar-refractivity contribution >= 4 is 0 Å². The molecule has 2 N–H and O–H groups in total. The Kier molecular flexibility index (Phi) is 10.4. The predicted molar refractivity (Wildman–Crippen MR) is 69.3 cm³/mol. The van der Waals surface area contributed by atoms with Gasteiger partial charge in [0.05, 0.1) is 0 Å². The van der Waals surface area contributed by atoms with Gasteiger partial charge in [-0.2, -0.15) is 0 Å². The molecule has 0 radical (unpaired) electrons. The second-order valence-corrected chi connectivity index (χ2v) is 4.73. The van der Waals surface area contributed by atoms with Gasteiger partial charge < -0.3 is 10.6 Å². The van der Waals surface area contributed by atoms with Gasteiger partial charge in [0.15, 0.2) is 0 Å². The Morgan fingerprint density at radius 1 is 1.07 bits per heavy atom. The summed E-state index contributed by atoms with van der Waals surface area (Å²) in [5.74, 6) is 0.879. The molecule has 2 nitrogen and oxygen atoms in total. The van der Waals surface area contributed by atoms with Crippen molar-refractivity contribution in [2.24, 2.45) is 5.92 Å². The summed E-state index contributed by atoms with van der Waals surface area (Å²) < 4.78 is 0. The van der Waals surface area contributed by atoms with Crippen LogP contribution in [0.15, 0.2) is 0 Å². The molecule has 0 bridgehead atoms. The third-order valence-corrected chi connectivity index (χ3v) is 2.83. The van der Waals surface area contributed by atoms with Crippen LogP contribution < -0.4 is 10.6 Å². The lowest BCUT2D eigenvalue weighted by Crippen LogP contribution is -2.33. The molecule has 0 aliphatic rings. The molecule has 0 spiro atoms. The van der Waals surface area contributed by atoms with Gasteiger partial charge >= 0.3 is 0 Å². The second kappa shape index (κ2) is 10.4. The summed E-state index contributed by atoms with van der Waals surface area (Å²) >= 11 is 0. The van der Waals surface area contributed by atoms with Crippen LogP contribution in [0, 0.1) is 5.92 Å². The number of unbranched alkanes of at least 4 members (excludes halogenated alkanes) is 1. The number of rotatable bonds is 10. The highest BCUT2D eigenvalue weighted by Gasteiger charge is 2.04. The first-order valence-corrected chi connectivity index (χ1v) is 6.64. The van der Waals surface area contributed by atoms with Gasteiger partial charge in [-0.25, -0.2) is 0 Å². The molecule has 0 rings (SSSR count). The zero-order valence-electron chi connectivity index (χ0n) is 11.1. The maximum atomic E-state index is 3.54. The number of hydrogen-bond acceptors (Lipinski definition) is 2. The first-order chi connectivity index (χ1) is 7.20. The van der Waals surface area contributed by atoms with Crippen molar-refractivity contribution in [2.75, 3.05) is 19.6 Å². The summed E-state index contributed by atoms with van der Waals surface area (Å²) in [5.41, 5.74) is 0. The van der Waals surface area contributed by atoms with E-state index in [4.69, 9.17) is 0 Å². The lowest BCUT2D eigenvalue weighted by Gasteiger charge is -2.15. The summed E-state index contributed by atoms with van der Waals surface area (Å²) in [6.07, 6.45) is 5.40. The molecular weight excluding hydrogens is 184 g/mol. The summed E-state index contributed by atoms with van der Waals surface area (Å²) in [7, 11) is 0. The zero-order chi connectivity index (χ0) is 11.5. The first kappa shape index (κ1) is 14.9. The lowest BCUT2D eigenvalue weighted by atomic mass is 9.99. The van der Waals surface area contributed by atoms with E-state index < -0.39 is 0 Å². The van der Waals surface area contributed by atoms with Crippen LogP contribution in [0.4, 0.5) is 0 Å². The molecule has 0 aromatic carbocycles. The molecule has 1 unspecified atom stereocenters. The van der Waals surface area contributed by atoms with Crippen molar-refractivity contribution < 1.29 is 0 Å². The van der Waals surface area contributed by atoms with Crippen LogP contribution in [0.5, 0.6) is 0 Å². The maximum Gasteiger partial charge on any atom is 0.00790 e. The van der Waals surface area contributed by atoms with Crippen LogP contribution in [0.3, 0.4) is 0 Å². The number of hydrogen-bond donors (Lipinski definition) is 2. The van der Waals surface area contributed by atoms with Gasteiger partial charge in [0, 0.05) is 19.1 Å². The minimum atomic E-state index is 0.605. The Labute approximate surface area is 96.2 Å². The lowest BCUT2D eigenvalue weighted by molar-refractivity contribution is 0.416. The van der Waals surface area contributed by atoms with E-state index in [1.807, 2.05) is 0 Å². The minimum Gasteiger partial charge on any atom is -0.315 e. The monoisotopic (exact) mass is 214 g/mol. The highest BCUT2D eigenvalue weighted by Crippen LogP contribution is 2.10. The van der Waals surface area contributed by atoms with Crippen LogP contribution >= 0.6 is 0 Å². The normalized spacial score (nSPS) is 13.4. The van der Waals surface area contributed by atoms with Crippen molar-refractivity contribution in [1.82, 2.24) is 10.6 Å². The van der Waals surface area contributed by atoms with Gasteiger partial charge in [0.2, 0.25) is 0 Å². The molecule has 92 valence electrons. The third kappa shape index (κ3) is 10.2. The predicted octanol–water partition coefficient (Wildman–Crippen LogP) is 2.79. The van der Waals surface area contributed by atoms with Gasteiger partial charge in [-0.1, -0.05) is 47.0 Å². The van der Waals surface area contributed by atoms with Crippen LogP contribution in [-0.2, 0) is 0 Å². The summed E-state index contributed by atoms with van der Waals surface area (Å²) in [6.45, 7) is 12.3. The van der Waals surface area contributed by atoms with Gasteiger partial charge in [-0.05, 0) is 18.9 Å². The van der Waals surface area contributed by atoms with Crippen molar-refractivity contribution in [3.63, 3.8) is 0 Å². The molecule has 0 aromatic heterocycles. The highest BCUT2D eigenvalue weighted by atomic mass is 15.0. The highest BCUT2D eigenvalue weighted by molar-refractivity contribution is 4.62. The Balaban J connectivity index is 3.30. The quantitative estimate of drug-likeness (QED) is 0.546. The summed E-state index contributed by atoms with van der Waals surface area (Å²) in [5, 5.41) is 6.96. The molecule has 0 heterocycles. The van der Waals surface area contributed by atoms with Crippen LogP contribution in [0.25, 0.3) is 0 Å². The van der Waals surface area contributed by atoms with Crippen molar-refractivity contribution in [1.29, 1.82) is 0 Å². The summed E-state index contributed by atoms with van der Waals surface area (Å²) in [4.78, 5) is 0. The Hall–Kier alpha value is -0.0800. The van der Waals surface area contributed by atoms with E-state index in [1.54, 1.807) is 0 Å². The van der Waals surface area contributed by atoms with E-state index in [0.29, 0.717) is 6.04 Å². The molecule has 2 heteroatoms. The summed E-state index contributed by atoms with van der Waals surface area (Å²) in [6, 6.07) is 0.605. The van der Waals surface area contributed by atoms with Gasteiger partial charge in [0.25, 0.3) is 0 Å². The molecule has 0 saturated heterocycles. The van der Waals surface area contributed by atoms with Gasteiger partial charge in [0.1, 0.15) is 0 Å². The first-order valence-electron chi connectivity index (χ1n) is 6.64. The van der Waals surface area contributed by atoms with Crippen molar-refractivity contribution in [2.45, 2.75) is 59.4 Å². The fraction of sp³-hybridized carbons (Fsp3) is 1.00. The Morgan fingerprint density at radius 2 is 1.80 bits per heavy atom. The maximum absolute atomic E-state index is 3.54. The van der Waals surface area contributed by atoms with Crippen molar-refractivity contribution in [3.8, 4) is 0 Å². The molecule has 0 aliphatic carbocycles. The standard InChI is InChI=1S/C13H30N2/c1-5-7-8-13(6-2)11-14-9-10-15-12(3)4/h12-15H,5-11H2,1-4H3. The van der Waals surface area contributed by atoms with Crippen LogP contribution in [-0.4, -0.2) is 25.7 Å². The Bertz CT molecular complexity index is 124. The van der Waals surface area contributed by atoms with E-state index in [-0.39, 0.29) is 0 Å². The number of nitrogens with one attached hydrogen (secondary N) is 2. The van der Waals surface area contributed by atoms with E-state index in [0.717, 1.165) is 19.0 Å². The van der Waals surface area contributed by atoms with E-state index in [2.05, 4.69) is 38.3 Å². The van der Waals surface area contributed by atoms with Crippen LogP contribution in [0.1, 0.15) is 53.4 Å². The molecular formula is C13H30N2. The second-order valence-electron chi connectivity index (χ2n) is 4.73. The SMILES string of the molecule is CCCCC(CC)CNCCNC(C)C. The molecule has 0 fully saturated rings. The average Bonchev–Trinajstić information content (AvgIpc) is 2.21. The van der Waals surface area contributed by atoms with Gasteiger partial charge in [-0.15, -0.1) is 0 Å². The molecule has 0 aliphatic heterocycles. The molecule has 1 atom stereocenters. The molecule has 0 aromatic rings. The average molecular weight is 214 g/mol. The van der Waals surface area contributed by atoms with E-state index in [9.17, 15) is 0 Å². The van der Waals surface area contributed by atoms with E-state index >= 15 is 0 Å². The minimum absolute atomic E-state index is 0.605. The largest absolute Gasteiger partial charge is 0.315 e. The topological polar surface area (TPSA) is 24.1 Å². The fourth-order valence-corrected chi connectivity index (χ4v) is 1.70. The smallest absolute Gasteiger partial charge is 0.00790 e. The molecule has 15 heavy (non-hydrogen) atoms. The fourth-order valence-electron chi connectivity index (χ4n) is 1.70. The van der Waals surface area contributed by atoms with Gasteiger partial charge in [-0.3, -0.25) is 0 Å².